The van der Waals surface area contributed by atoms with Gasteiger partial charge >= 0.3 is 5.97 Å². The van der Waals surface area contributed by atoms with Crippen LogP contribution in [0.5, 0.6) is 0 Å². The van der Waals surface area contributed by atoms with Crippen LogP contribution < -0.4 is 4.31 Å². The minimum atomic E-state index is -3.36. The van der Waals surface area contributed by atoms with Crippen LogP contribution in [0.15, 0.2) is 35.7 Å². The SMILES string of the molecule is C[C@H]1Cc2cc(C(=O)COC(=O)c3cccs3)ccc2N1S(C)(=O)=O. The molecule has 1 atom stereocenters. The molecule has 2 heterocycles. The topological polar surface area (TPSA) is 80.8 Å². The second kappa shape index (κ2) is 6.61. The molecule has 1 aliphatic rings. The smallest absolute Gasteiger partial charge is 0.348 e. The van der Waals surface area contributed by atoms with Crippen molar-refractivity contribution >= 4 is 38.8 Å². The van der Waals surface area contributed by atoms with E-state index in [9.17, 15) is 18.0 Å². The average molecular weight is 379 g/mol. The minimum Gasteiger partial charge on any atom is -0.453 e. The number of ether oxygens (including phenoxy) is 1. The van der Waals surface area contributed by atoms with Crippen LogP contribution in [-0.4, -0.2) is 39.1 Å². The molecule has 25 heavy (non-hydrogen) atoms. The third kappa shape index (κ3) is 3.59. The van der Waals surface area contributed by atoms with Gasteiger partial charge in [-0.15, -0.1) is 11.3 Å². The first kappa shape index (κ1) is 17.6. The lowest BCUT2D eigenvalue weighted by molar-refractivity contribution is 0.0479. The number of Topliss-reactive ketones (excluding diaryl/α,β-unsaturated/α-hetero) is 1. The van der Waals surface area contributed by atoms with Gasteiger partial charge in [-0.05, 0) is 48.6 Å². The highest BCUT2D eigenvalue weighted by Crippen LogP contribution is 2.34. The lowest BCUT2D eigenvalue weighted by Crippen LogP contribution is -2.34. The molecule has 0 unspecified atom stereocenters. The molecule has 3 rings (SSSR count). The van der Waals surface area contributed by atoms with Crippen LogP contribution in [0.1, 0.15) is 32.5 Å². The van der Waals surface area contributed by atoms with E-state index in [2.05, 4.69) is 0 Å². The summed E-state index contributed by atoms with van der Waals surface area (Å²) >= 11 is 1.25. The molecule has 132 valence electrons. The van der Waals surface area contributed by atoms with Crippen molar-refractivity contribution in [2.45, 2.75) is 19.4 Å². The van der Waals surface area contributed by atoms with Crippen molar-refractivity contribution in [3.8, 4) is 0 Å². The number of carbonyl (C=O) groups is 2. The van der Waals surface area contributed by atoms with Crippen molar-refractivity contribution in [1.29, 1.82) is 0 Å². The van der Waals surface area contributed by atoms with Crippen molar-refractivity contribution in [1.82, 2.24) is 0 Å². The maximum atomic E-state index is 12.3. The Hall–Kier alpha value is -2.19. The number of ketones is 1. The lowest BCUT2D eigenvalue weighted by atomic mass is 10.0. The zero-order valence-electron chi connectivity index (χ0n) is 13.8. The van der Waals surface area contributed by atoms with Crippen LogP contribution in [0, 0.1) is 0 Å². The van der Waals surface area contributed by atoms with E-state index in [4.69, 9.17) is 4.74 Å². The van der Waals surface area contributed by atoms with Crippen LogP contribution >= 0.6 is 11.3 Å². The molecule has 0 radical (unpaired) electrons. The summed E-state index contributed by atoms with van der Waals surface area (Å²) in [5.74, 6) is -0.848. The Balaban J connectivity index is 1.73. The molecular formula is C17H17NO5S2. The van der Waals surface area contributed by atoms with Gasteiger partial charge in [-0.1, -0.05) is 6.07 Å². The Morgan fingerprint density at radius 3 is 2.72 bits per heavy atom. The van der Waals surface area contributed by atoms with Crippen LogP contribution in [0.3, 0.4) is 0 Å². The number of esters is 1. The number of fused-ring (bicyclic) bond motifs is 1. The number of thiophene rings is 1. The summed E-state index contributed by atoms with van der Waals surface area (Å²) in [7, 11) is -3.36. The van der Waals surface area contributed by atoms with E-state index in [1.165, 1.54) is 21.9 Å². The summed E-state index contributed by atoms with van der Waals surface area (Å²) in [6, 6.07) is 8.06. The Labute approximate surface area is 150 Å². The normalized spacial score (nSPS) is 16.6. The summed E-state index contributed by atoms with van der Waals surface area (Å²) < 4.78 is 30.2. The van der Waals surface area contributed by atoms with E-state index in [1.807, 2.05) is 6.92 Å². The second-order valence-electron chi connectivity index (χ2n) is 5.93. The highest BCUT2D eigenvalue weighted by atomic mass is 32.2. The van der Waals surface area contributed by atoms with Gasteiger partial charge in [-0.25, -0.2) is 13.2 Å². The molecule has 0 fully saturated rings. The van der Waals surface area contributed by atoms with E-state index in [0.717, 1.165) is 5.56 Å². The molecule has 0 saturated heterocycles. The van der Waals surface area contributed by atoms with Crippen molar-refractivity contribution in [3.05, 3.63) is 51.7 Å². The molecule has 2 aromatic rings. The molecule has 0 bridgehead atoms. The molecule has 1 aliphatic heterocycles. The molecular weight excluding hydrogens is 362 g/mol. The number of rotatable bonds is 5. The first-order chi connectivity index (χ1) is 11.8. The van der Waals surface area contributed by atoms with Crippen molar-refractivity contribution < 1.29 is 22.7 Å². The molecule has 0 N–H and O–H groups in total. The Bertz CT molecular complexity index is 919. The first-order valence-electron chi connectivity index (χ1n) is 7.63. The summed E-state index contributed by atoms with van der Waals surface area (Å²) in [5.41, 5.74) is 1.80. The summed E-state index contributed by atoms with van der Waals surface area (Å²) in [5, 5.41) is 1.76. The maximum Gasteiger partial charge on any atom is 0.348 e. The number of benzene rings is 1. The molecule has 6 nitrogen and oxygen atoms in total. The van der Waals surface area contributed by atoms with E-state index in [-0.39, 0.29) is 18.4 Å². The van der Waals surface area contributed by atoms with Gasteiger partial charge in [-0.3, -0.25) is 9.10 Å². The maximum absolute atomic E-state index is 12.3. The van der Waals surface area contributed by atoms with Gasteiger partial charge in [0, 0.05) is 11.6 Å². The third-order valence-corrected chi connectivity index (χ3v) is 6.09. The Kier molecular flexibility index (Phi) is 4.66. The highest BCUT2D eigenvalue weighted by molar-refractivity contribution is 7.92. The van der Waals surface area contributed by atoms with Crippen LogP contribution in [0.4, 0.5) is 5.69 Å². The standard InChI is InChI=1S/C17H17NO5S2/c1-11-8-13-9-12(5-6-14(13)18(11)25(2,21)22)15(19)10-23-17(20)16-4-3-7-24-16/h3-7,9,11H,8,10H2,1-2H3/t11-/m0/s1. The van der Waals surface area contributed by atoms with Crippen LogP contribution in [-0.2, 0) is 21.2 Å². The fourth-order valence-corrected chi connectivity index (χ4v) is 4.84. The number of hydrogen-bond donors (Lipinski definition) is 0. The van der Waals surface area contributed by atoms with E-state index in [0.29, 0.717) is 22.5 Å². The predicted molar refractivity (Wildman–Crippen MR) is 95.9 cm³/mol. The Morgan fingerprint density at radius 1 is 1.32 bits per heavy atom. The number of anilines is 1. The quantitative estimate of drug-likeness (QED) is 0.589. The van der Waals surface area contributed by atoms with Crippen molar-refractivity contribution in [2.75, 3.05) is 17.2 Å². The van der Waals surface area contributed by atoms with Crippen molar-refractivity contribution in [2.24, 2.45) is 0 Å². The number of carbonyl (C=O) groups excluding carboxylic acids is 2. The van der Waals surface area contributed by atoms with Gasteiger partial charge in [0.2, 0.25) is 10.0 Å². The summed E-state index contributed by atoms with van der Waals surface area (Å²) in [6.45, 7) is 1.48. The lowest BCUT2D eigenvalue weighted by Gasteiger charge is -2.21. The van der Waals surface area contributed by atoms with Gasteiger partial charge < -0.3 is 4.74 Å². The summed E-state index contributed by atoms with van der Waals surface area (Å²) in [4.78, 5) is 24.5. The largest absolute Gasteiger partial charge is 0.453 e. The zero-order chi connectivity index (χ0) is 18.2. The van der Waals surface area contributed by atoms with E-state index < -0.39 is 16.0 Å². The highest BCUT2D eigenvalue weighted by Gasteiger charge is 2.32. The van der Waals surface area contributed by atoms with Crippen LogP contribution in [0.25, 0.3) is 0 Å². The monoisotopic (exact) mass is 379 g/mol. The van der Waals surface area contributed by atoms with E-state index >= 15 is 0 Å². The van der Waals surface area contributed by atoms with Gasteiger partial charge in [0.25, 0.3) is 0 Å². The third-order valence-electron chi connectivity index (χ3n) is 3.97. The number of hydrogen-bond acceptors (Lipinski definition) is 6. The number of sulfonamides is 1. The molecule has 0 saturated carbocycles. The fourth-order valence-electron chi connectivity index (χ4n) is 2.96. The molecule has 1 aromatic heterocycles. The average Bonchev–Trinajstić information content (AvgIpc) is 3.17. The molecule has 8 heteroatoms. The Morgan fingerprint density at radius 2 is 2.08 bits per heavy atom. The molecule has 1 aromatic carbocycles. The fraction of sp³-hybridized carbons (Fsp3) is 0.294. The van der Waals surface area contributed by atoms with Crippen LogP contribution in [0.2, 0.25) is 0 Å². The molecule has 0 aliphatic carbocycles. The number of nitrogens with zero attached hydrogens (tertiary/aromatic N) is 1. The van der Waals surface area contributed by atoms with Crippen molar-refractivity contribution in [3.63, 3.8) is 0 Å². The second-order valence-corrected chi connectivity index (χ2v) is 8.74. The van der Waals surface area contributed by atoms with Gasteiger partial charge in [0.1, 0.15) is 4.88 Å². The van der Waals surface area contributed by atoms with E-state index in [1.54, 1.807) is 35.7 Å². The summed E-state index contributed by atoms with van der Waals surface area (Å²) in [6.07, 6.45) is 1.71. The predicted octanol–water partition coefficient (Wildman–Crippen LogP) is 2.50. The minimum absolute atomic E-state index is 0.188. The van der Waals surface area contributed by atoms with Gasteiger partial charge in [0.05, 0.1) is 11.9 Å². The molecule has 0 amide bonds. The van der Waals surface area contributed by atoms with Gasteiger partial charge in [0.15, 0.2) is 12.4 Å². The zero-order valence-corrected chi connectivity index (χ0v) is 15.4. The molecule has 0 spiro atoms. The first-order valence-corrected chi connectivity index (χ1v) is 10.4. The van der Waals surface area contributed by atoms with Gasteiger partial charge in [-0.2, -0.15) is 0 Å².